The van der Waals surface area contributed by atoms with Gasteiger partial charge < -0.3 is 15.8 Å². The van der Waals surface area contributed by atoms with Gasteiger partial charge >= 0.3 is 0 Å². The molecule has 0 saturated heterocycles. The van der Waals surface area contributed by atoms with E-state index in [1.165, 1.54) is 0 Å². The molecule has 0 radical (unpaired) electrons. The SMILES string of the molecule is COc1cccc(CNc2c(Cl)cc(N)cc2Cl)c1. The fourth-order valence-corrected chi connectivity index (χ4v) is 2.37. The number of halogens is 2. The van der Waals surface area contributed by atoms with Gasteiger partial charge in [-0.15, -0.1) is 0 Å². The minimum atomic E-state index is 0.507. The highest BCUT2D eigenvalue weighted by Gasteiger charge is 2.07. The molecule has 5 heteroatoms. The van der Waals surface area contributed by atoms with E-state index in [4.69, 9.17) is 33.7 Å². The van der Waals surface area contributed by atoms with Crippen molar-refractivity contribution in [1.29, 1.82) is 0 Å². The molecule has 3 N–H and O–H groups in total. The van der Waals surface area contributed by atoms with Crippen LogP contribution in [0.25, 0.3) is 0 Å². The summed E-state index contributed by atoms with van der Waals surface area (Å²) < 4.78 is 5.17. The number of nitrogens with one attached hydrogen (secondary N) is 1. The van der Waals surface area contributed by atoms with Crippen LogP contribution in [0.2, 0.25) is 10.0 Å². The lowest BCUT2D eigenvalue weighted by molar-refractivity contribution is 0.414. The van der Waals surface area contributed by atoms with Gasteiger partial charge in [0.1, 0.15) is 5.75 Å². The number of methoxy groups -OCH3 is 1. The summed E-state index contributed by atoms with van der Waals surface area (Å²) in [5, 5.41) is 4.22. The number of ether oxygens (including phenoxy) is 1. The van der Waals surface area contributed by atoms with Gasteiger partial charge in [0.2, 0.25) is 0 Å². The second kappa shape index (κ2) is 6.04. The molecule has 19 heavy (non-hydrogen) atoms. The molecule has 3 nitrogen and oxygen atoms in total. The van der Waals surface area contributed by atoms with Gasteiger partial charge in [0.25, 0.3) is 0 Å². The third-order valence-corrected chi connectivity index (χ3v) is 3.26. The zero-order valence-corrected chi connectivity index (χ0v) is 11.9. The first-order chi connectivity index (χ1) is 9.10. The lowest BCUT2D eigenvalue weighted by Crippen LogP contribution is -2.01. The molecule has 0 amide bonds. The Morgan fingerprint density at radius 3 is 2.47 bits per heavy atom. The molecule has 0 aliphatic rings. The quantitative estimate of drug-likeness (QED) is 0.832. The van der Waals surface area contributed by atoms with Gasteiger partial charge in [0.15, 0.2) is 0 Å². The van der Waals surface area contributed by atoms with Crippen molar-refractivity contribution >= 4 is 34.6 Å². The van der Waals surface area contributed by atoms with Crippen molar-refractivity contribution in [1.82, 2.24) is 0 Å². The van der Waals surface area contributed by atoms with Crippen molar-refractivity contribution in [2.45, 2.75) is 6.54 Å². The van der Waals surface area contributed by atoms with Gasteiger partial charge in [0.05, 0.1) is 22.8 Å². The second-order valence-electron chi connectivity index (χ2n) is 4.06. The Labute approximate surface area is 122 Å². The van der Waals surface area contributed by atoms with Crippen LogP contribution in [0.3, 0.4) is 0 Å². The van der Waals surface area contributed by atoms with Crippen molar-refractivity contribution in [2.75, 3.05) is 18.2 Å². The topological polar surface area (TPSA) is 47.3 Å². The van der Waals surface area contributed by atoms with Crippen LogP contribution in [0.15, 0.2) is 36.4 Å². The van der Waals surface area contributed by atoms with Crippen LogP contribution in [0.5, 0.6) is 5.75 Å². The highest BCUT2D eigenvalue weighted by Crippen LogP contribution is 2.33. The van der Waals surface area contributed by atoms with Crippen LogP contribution in [0, 0.1) is 0 Å². The van der Waals surface area contributed by atoms with Crippen LogP contribution in [-0.4, -0.2) is 7.11 Å². The summed E-state index contributed by atoms with van der Waals surface area (Å²) in [7, 11) is 1.64. The van der Waals surface area contributed by atoms with Gasteiger partial charge in [-0.05, 0) is 29.8 Å². The van der Waals surface area contributed by atoms with Gasteiger partial charge in [-0.1, -0.05) is 35.3 Å². The summed E-state index contributed by atoms with van der Waals surface area (Å²) >= 11 is 12.2. The second-order valence-corrected chi connectivity index (χ2v) is 4.88. The number of hydrogen-bond acceptors (Lipinski definition) is 3. The van der Waals surface area contributed by atoms with E-state index in [0.29, 0.717) is 28.0 Å². The Morgan fingerprint density at radius 1 is 1.16 bits per heavy atom. The Hall–Kier alpha value is -1.58. The van der Waals surface area contributed by atoms with E-state index < -0.39 is 0 Å². The summed E-state index contributed by atoms with van der Waals surface area (Å²) in [5.41, 5.74) is 7.96. The molecule has 0 saturated carbocycles. The van der Waals surface area contributed by atoms with E-state index in [1.54, 1.807) is 19.2 Å². The maximum absolute atomic E-state index is 6.11. The Bertz CT molecular complexity index is 564. The Balaban J connectivity index is 2.14. The van der Waals surface area contributed by atoms with E-state index >= 15 is 0 Å². The van der Waals surface area contributed by atoms with Gasteiger partial charge in [-0.3, -0.25) is 0 Å². The van der Waals surface area contributed by atoms with Crippen LogP contribution in [-0.2, 0) is 6.54 Å². The average molecular weight is 297 g/mol. The first kappa shape index (κ1) is 13.8. The molecule has 0 bridgehead atoms. The van der Waals surface area contributed by atoms with E-state index in [9.17, 15) is 0 Å². The summed E-state index contributed by atoms with van der Waals surface area (Å²) in [5.74, 6) is 0.814. The molecule has 0 aromatic heterocycles. The predicted molar refractivity (Wildman–Crippen MR) is 81.2 cm³/mol. The fraction of sp³-hybridized carbons (Fsp3) is 0.143. The molecule has 100 valence electrons. The fourth-order valence-electron chi connectivity index (χ4n) is 1.73. The molecule has 0 aliphatic heterocycles. The molecular weight excluding hydrogens is 283 g/mol. The summed E-state index contributed by atoms with van der Waals surface area (Å²) in [4.78, 5) is 0. The number of nitrogens with two attached hydrogens (primary N) is 1. The molecule has 2 aromatic carbocycles. The molecule has 0 spiro atoms. The normalized spacial score (nSPS) is 10.3. The Morgan fingerprint density at radius 2 is 1.84 bits per heavy atom. The summed E-state index contributed by atoms with van der Waals surface area (Å²) in [6.45, 7) is 0.598. The van der Waals surface area contributed by atoms with Crippen molar-refractivity contribution in [3.63, 3.8) is 0 Å². The molecule has 2 rings (SSSR count). The maximum atomic E-state index is 6.11. The third-order valence-electron chi connectivity index (χ3n) is 2.67. The van der Waals surface area contributed by atoms with Gasteiger partial charge in [-0.25, -0.2) is 0 Å². The minimum absolute atomic E-state index is 0.507. The van der Waals surface area contributed by atoms with Crippen LogP contribution >= 0.6 is 23.2 Å². The van der Waals surface area contributed by atoms with Crippen molar-refractivity contribution < 1.29 is 4.74 Å². The molecule has 0 fully saturated rings. The van der Waals surface area contributed by atoms with Gasteiger partial charge in [0, 0.05) is 12.2 Å². The molecule has 0 unspecified atom stereocenters. The number of benzene rings is 2. The standard InChI is InChI=1S/C14H14Cl2N2O/c1-19-11-4-2-3-9(5-11)8-18-14-12(15)6-10(17)7-13(14)16/h2-7,18H,8,17H2,1H3. The Kier molecular flexibility index (Phi) is 4.40. The van der Waals surface area contributed by atoms with E-state index in [-0.39, 0.29) is 0 Å². The molecular formula is C14H14Cl2N2O. The van der Waals surface area contributed by atoms with Crippen LogP contribution < -0.4 is 15.8 Å². The van der Waals surface area contributed by atoms with Crippen LogP contribution in [0.4, 0.5) is 11.4 Å². The largest absolute Gasteiger partial charge is 0.497 e. The number of nitrogen functional groups attached to an aromatic ring is 1. The van der Waals surface area contributed by atoms with E-state index in [2.05, 4.69) is 5.32 Å². The molecule has 0 atom stereocenters. The molecule has 0 heterocycles. The highest BCUT2D eigenvalue weighted by atomic mass is 35.5. The zero-order chi connectivity index (χ0) is 13.8. The molecule has 2 aromatic rings. The highest BCUT2D eigenvalue weighted by molar-refractivity contribution is 6.39. The predicted octanol–water partition coefficient (Wildman–Crippen LogP) is 4.20. The smallest absolute Gasteiger partial charge is 0.119 e. The first-order valence-corrected chi connectivity index (χ1v) is 6.47. The number of anilines is 2. The number of hydrogen-bond donors (Lipinski definition) is 2. The average Bonchev–Trinajstić information content (AvgIpc) is 2.37. The lowest BCUT2D eigenvalue weighted by Gasteiger charge is -2.12. The lowest BCUT2D eigenvalue weighted by atomic mass is 10.2. The van der Waals surface area contributed by atoms with E-state index in [1.807, 2.05) is 24.3 Å². The zero-order valence-electron chi connectivity index (χ0n) is 10.4. The number of rotatable bonds is 4. The molecule has 0 aliphatic carbocycles. The van der Waals surface area contributed by atoms with Crippen molar-refractivity contribution in [2.24, 2.45) is 0 Å². The van der Waals surface area contributed by atoms with Crippen LogP contribution in [0.1, 0.15) is 5.56 Å². The van der Waals surface area contributed by atoms with Crippen molar-refractivity contribution in [3.05, 3.63) is 52.0 Å². The summed E-state index contributed by atoms with van der Waals surface area (Å²) in [6.07, 6.45) is 0. The minimum Gasteiger partial charge on any atom is -0.497 e. The first-order valence-electron chi connectivity index (χ1n) is 5.71. The van der Waals surface area contributed by atoms with E-state index in [0.717, 1.165) is 11.3 Å². The third kappa shape index (κ3) is 3.46. The maximum Gasteiger partial charge on any atom is 0.119 e. The monoisotopic (exact) mass is 296 g/mol. The summed E-state index contributed by atoms with van der Waals surface area (Å²) in [6, 6.07) is 11.1. The van der Waals surface area contributed by atoms with Gasteiger partial charge in [-0.2, -0.15) is 0 Å². The van der Waals surface area contributed by atoms with Crippen molar-refractivity contribution in [3.8, 4) is 5.75 Å².